The molecule has 0 spiro atoms. The molecule has 84 valence electrons. The smallest absolute Gasteiger partial charge is 0.196 e. The zero-order valence-electron chi connectivity index (χ0n) is 9.46. The molecule has 0 amide bonds. The lowest BCUT2D eigenvalue weighted by molar-refractivity contribution is 0.514. The number of oxazole rings is 1. The van der Waals surface area contributed by atoms with E-state index in [0.29, 0.717) is 18.2 Å². The van der Waals surface area contributed by atoms with Crippen LogP contribution in [-0.2, 0) is 6.42 Å². The number of alkyl halides is 1. The predicted molar refractivity (Wildman–Crippen MR) is 65.8 cm³/mol. The summed E-state index contributed by atoms with van der Waals surface area (Å²) in [5.74, 6) is 2.07. The summed E-state index contributed by atoms with van der Waals surface area (Å²) in [7, 11) is 0. The van der Waals surface area contributed by atoms with Gasteiger partial charge in [-0.3, -0.25) is 0 Å². The van der Waals surface area contributed by atoms with Crippen LogP contribution in [0, 0.1) is 13.8 Å². The van der Waals surface area contributed by atoms with Gasteiger partial charge in [0.15, 0.2) is 11.7 Å². The SMILES string of the molecule is Cc1cccc(C)c1-c1cnc(CCCl)o1. The maximum Gasteiger partial charge on any atom is 0.196 e. The van der Waals surface area contributed by atoms with Gasteiger partial charge >= 0.3 is 0 Å². The molecule has 16 heavy (non-hydrogen) atoms. The highest BCUT2D eigenvalue weighted by molar-refractivity contribution is 6.17. The Morgan fingerprint density at radius 1 is 1.25 bits per heavy atom. The summed E-state index contributed by atoms with van der Waals surface area (Å²) in [6.07, 6.45) is 2.45. The number of hydrogen-bond acceptors (Lipinski definition) is 2. The first-order valence-corrected chi connectivity index (χ1v) is 5.83. The average molecular weight is 236 g/mol. The molecule has 0 aliphatic heterocycles. The van der Waals surface area contributed by atoms with Crippen LogP contribution in [0.2, 0.25) is 0 Å². The average Bonchev–Trinajstić information content (AvgIpc) is 2.67. The van der Waals surface area contributed by atoms with Gasteiger partial charge in [-0.2, -0.15) is 0 Å². The van der Waals surface area contributed by atoms with E-state index >= 15 is 0 Å². The third-order valence-corrected chi connectivity index (χ3v) is 2.78. The number of nitrogens with zero attached hydrogens (tertiary/aromatic N) is 1. The first kappa shape index (κ1) is 11.2. The Hall–Kier alpha value is -1.28. The molecule has 2 nitrogen and oxygen atoms in total. The molecule has 2 aromatic rings. The summed E-state index contributed by atoms with van der Waals surface area (Å²) in [5, 5.41) is 0. The van der Waals surface area contributed by atoms with Crippen LogP contribution in [0.3, 0.4) is 0 Å². The molecule has 0 bridgehead atoms. The Morgan fingerprint density at radius 2 is 1.94 bits per heavy atom. The molecule has 1 aromatic heterocycles. The van der Waals surface area contributed by atoms with E-state index in [4.69, 9.17) is 16.0 Å². The molecule has 0 saturated carbocycles. The van der Waals surface area contributed by atoms with E-state index < -0.39 is 0 Å². The first-order chi connectivity index (χ1) is 7.72. The summed E-state index contributed by atoms with van der Waals surface area (Å²) in [4.78, 5) is 4.21. The van der Waals surface area contributed by atoms with E-state index in [1.54, 1.807) is 6.20 Å². The van der Waals surface area contributed by atoms with Gasteiger partial charge in [-0.05, 0) is 25.0 Å². The monoisotopic (exact) mass is 235 g/mol. The van der Waals surface area contributed by atoms with E-state index in [1.165, 1.54) is 11.1 Å². The highest BCUT2D eigenvalue weighted by atomic mass is 35.5. The van der Waals surface area contributed by atoms with E-state index in [9.17, 15) is 0 Å². The standard InChI is InChI=1S/C13H14ClNO/c1-9-4-3-5-10(2)13(9)11-8-15-12(16-11)6-7-14/h3-5,8H,6-7H2,1-2H3. The molecule has 0 atom stereocenters. The van der Waals surface area contributed by atoms with Gasteiger partial charge in [0.25, 0.3) is 0 Å². The first-order valence-electron chi connectivity index (χ1n) is 5.29. The minimum Gasteiger partial charge on any atom is -0.441 e. The normalized spacial score (nSPS) is 10.7. The summed E-state index contributed by atoms with van der Waals surface area (Å²) in [6.45, 7) is 4.15. The number of aryl methyl sites for hydroxylation is 3. The fraction of sp³-hybridized carbons (Fsp3) is 0.308. The lowest BCUT2D eigenvalue weighted by Gasteiger charge is -2.05. The quantitative estimate of drug-likeness (QED) is 0.758. The highest BCUT2D eigenvalue weighted by Gasteiger charge is 2.10. The van der Waals surface area contributed by atoms with Gasteiger partial charge in [0.1, 0.15) is 0 Å². The Labute approximate surface area is 100 Å². The van der Waals surface area contributed by atoms with Crippen LogP contribution in [0.4, 0.5) is 0 Å². The van der Waals surface area contributed by atoms with Gasteiger partial charge in [0.2, 0.25) is 0 Å². The lowest BCUT2D eigenvalue weighted by Crippen LogP contribution is -1.86. The second-order valence-electron chi connectivity index (χ2n) is 3.82. The predicted octanol–water partition coefficient (Wildman–Crippen LogP) is 3.74. The molecule has 3 heteroatoms. The largest absolute Gasteiger partial charge is 0.441 e. The molecule has 0 aliphatic rings. The molecule has 0 radical (unpaired) electrons. The van der Waals surface area contributed by atoms with Crippen molar-refractivity contribution < 1.29 is 4.42 Å². The summed E-state index contributed by atoms with van der Waals surface area (Å²) >= 11 is 5.65. The maximum atomic E-state index is 5.68. The number of benzene rings is 1. The molecule has 0 saturated heterocycles. The Bertz CT molecular complexity index is 470. The van der Waals surface area contributed by atoms with E-state index in [2.05, 4.69) is 31.0 Å². The molecule has 2 rings (SSSR count). The van der Waals surface area contributed by atoms with Gasteiger partial charge in [0.05, 0.1) is 6.20 Å². The Kier molecular flexibility index (Phi) is 3.30. The van der Waals surface area contributed by atoms with Gasteiger partial charge in [-0.1, -0.05) is 18.2 Å². The summed E-state index contributed by atoms with van der Waals surface area (Å²) < 4.78 is 5.68. The molecular weight excluding hydrogens is 222 g/mol. The number of hydrogen-bond donors (Lipinski definition) is 0. The van der Waals surface area contributed by atoms with Gasteiger partial charge in [-0.25, -0.2) is 4.98 Å². The summed E-state index contributed by atoms with van der Waals surface area (Å²) in [6, 6.07) is 6.20. The van der Waals surface area contributed by atoms with Crippen LogP contribution in [0.1, 0.15) is 17.0 Å². The third kappa shape index (κ3) is 2.12. The lowest BCUT2D eigenvalue weighted by atomic mass is 10.0. The van der Waals surface area contributed by atoms with E-state index in [0.717, 1.165) is 11.3 Å². The van der Waals surface area contributed by atoms with Crippen molar-refractivity contribution >= 4 is 11.6 Å². The van der Waals surface area contributed by atoms with E-state index in [-0.39, 0.29) is 0 Å². The highest BCUT2D eigenvalue weighted by Crippen LogP contribution is 2.27. The van der Waals surface area contributed by atoms with Crippen LogP contribution in [0.5, 0.6) is 0 Å². The molecular formula is C13H14ClNO. The molecule has 0 aliphatic carbocycles. The number of rotatable bonds is 3. The number of halogens is 1. The van der Waals surface area contributed by atoms with Crippen molar-refractivity contribution in [2.45, 2.75) is 20.3 Å². The van der Waals surface area contributed by atoms with Gasteiger partial charge in [0, 0.05) is 17.9 Å². The second kappa shape index (κ2) is 4.71. The van der Waals surface area contributed by atoms with E-state index in [1.807, 2.05) is 6.07 Å². The minimum absolute atomic E-state index is 0.534. The molecule has 1 aromatic carbocycles. The maximum absolute atomic E-state index is 5.68. The molecule has 0 N–H and O–H groups in total. The van der Waals surface area contributed by atoms with Crippen molar-refractivity contribution in [2.75, 3.05) is 5.88 Å². The fourth-order valence-corrected chi connectivity index (χ4v) is 1.99. The van der Waals surface area contributed by atoms with Crippen molar-refractivity contribution in [2.24, 2.45) is 0 Å². The van der Waals surface area contributed by atoms with Crippen molar-refractivity contribution in [3.05, 3.63) is 41.4 Å². The second-order valence-corrected chi connectivity index (χ2v) is 4.20. The van der Waals surface area contributed by atoms with Crippen LogP contribution in [0.15, 0.2) is 28.8 Å². The minimum atomic E-state index is 0.534. The Balaban J connectivity index is 2.42. The topological polar surface area (TPSA) is 26.0 Å². The molecule has 0 unspecified atom stereocenters. The van der Waals surface area contributed by atoms with Crippen LogP contribution in [-0.4, -0.2) is 10.9 Å². The van der Waals surface area contributed by atoms with Crippen LogP contribution in [0.25, 0.3) is 11.3 Å². The van der Waals surface area contributed by atoms with Gasteiger partial charge in [-0.15, -0.1) is 11.6 Å². The van der Waals surface area contributed by atoms with Crippen molar-refractivity contribution in [3.8, 4) is 11.3 Å². The van der Waals surface area contributed by atoms with Crippen molar-refractivity contribution in [1.82, 2.24) is 4.98 Å². The number of aromatic nitrogens is 1. The van der Waals surface area contributed by atoms with Gasteiger partial charge < -0.3 is 4.42 Å². The van der Waals surface area contributed by atoms with Crippen molar-refractivity contribution in [3.63, 3.8) is 0 Å². The van der Waals surface area contributed by atoms with Crippen molar-refractivity contribution in [1.29, 1.82) is 0 Å². The fourth-order valence-electron chi connectivity index (χ4n) is 1.83. The zero-order chi connectivity index (χ0) is 11.5. The summed E-state index contributed by atoms with van der Waals surface area (Å²) in [5.41, 5.74) is 3.54. The molecule has 1 heterocycles. The van der Waals surface area contributed by atoms with Crippen LogP contribution >= 0.6 is 11.6 Å². The van der Waals surface area contributed by atoms with Crippen LogP contribution < -0.4 is 0 Å². The zero-order valence-corrected chi connectivity index (χ0v) is 10.2. The Morgan fingerprint density at radius 3 is 2.56 bits per heavy atom. The third-order valence-electron chi connectivity index (χ3n) is 2.59. The molecule has 0 fully saturated rings.